The van der Waals surface area contributed by atoms with Crippen LogP contribution in [0.15, 0.2) is 24.4 Å². The van der Waals surface area contributed by atoms with Crippen molar-refractivity contribution in [3.05, 3.63) is 30.0 Å². The van der Waals surface area contributed by atoms with E-state index in [0.29, 0.717) is 6.54 Å². The summed E-state index contributed by atoms with van der Waals surface area (Å²) in [4.78, 5) is 14.0. The van der Waals surface area contributed by atoms with Gasteiger partial charge in [0.2, 0.25) is 5.91 Å². The van der Waals surface area contributed by atoms with E-state index in [9.17, 15) is 4.79 Å². The van der Waals surface area contributed by atoms with Crippen molar-refractivity contribution in [1.82, 2.24) is 10.3 Å². The molecule has 1 amide bonds. The molecule has 0 spiro atoms. The number of amides is 1. The molecule has 97 valence electrons. The molecule has 4 nitrogen and oxygen atoms in total. The van der Waals surface area contributed by atoms with E-state index in [0.717, 1.165) is 23.1 Å². The molecule has 2 aromatic rings. The third-order valence-electron chi connectivity index (χ3n) is 2.74. The van der Waals surface area contributed by atoms with E-state index in [1.807, 2.05) is 24.4 Å². The summed E-state index contributed by atoms with van der Waals surface area (Å²) >= 11 is 0. The van der Waals surface area contributed by atoms with Gasteiger partial charge in [-0.2, -0.15) is 0 Å². The number of ether oxygens (including phenoxy) is 1. The van der Waals surface area contributed by atoms with E-state index in [-0.39, 0.29) is 23.0 Å². The summed E-state index contributed by atoms with van der Waals surface area (Å²) in [6.07, 6.45) is 2.79. The fraction of sp³-hybridized carbons (Fsp3) is 0.308. The Hall–Kier alpha value is -1.45. The Labute approximate surface area is 117 Å². The topological polar surface area (TPSA) is 54.1 Å². The third kappa shape index (κ3) is 3.28. The molecule has 1 radical (unpaired) electrons. The zero-order valence-electron chi connectivity index (χ0n) is 10.4. The summed E-state index contributed by atoms with van der Waals surface area (Å²) in [5.41, 5.74) is 2.27. The summed E-state index contributed by atoms with van der Waals surface area (Å²) in [6.45, 7) is 2.18. The number of fused-ring (bicyclic) bond motifs is 1. The molecule has 18 heavy (non-hydrogen) atoms. The maximum Gasteiger partial charge on any atom is 0.216 e. The number of carbonyl (C=O) groups is 1. The number of aromatic nitrogens is 1. The predicted octanol–water partition coefficient (Wildman–Crippen LogP) is 1.85. The average molecular weight is 287 g/mol. The summed E-state index contributed by atoms with van der Waals surface area (Å²) in [5, 5.41) is 3.94. The van der Waals surface area contributed by atoms with Crippen LogP contribution in [0.4, 0.5) is 0 Å². The number of carbonyl (C=O) groups excluding carboxylic acids is 1. The zero-order chi connectivity index (χ0) is 12.3. The first-order valence-corrected chi connectivity index (χ1v) is 5.59. The Morgan fingerprint density at radius 2 is 2.22 bits per heavy atom. The standard InChI is InChI=1S/C13H16N2O2.Mn/c1-9(16)14-6-5-10-8-15-13-4-3-11(17-2)7-12(10)13;/h3-4,7-8,15H,5-6H2,1-2H3,(H,14,16);. The molecule has 0 unspecified atom stereocenters. The van der Waals surface area contributed by atoms with Crippen molar-refractivity contribution < 1.29 is 26.6 Å². The van der Waals surface area contributed by atoms with E-state index in [4.69, 9.17) is 4.74 Å². The van der Waals surface area contributed by atoms with Gasteiger partial charge in [0.25, 0.3) is 0 Å². The quantitative estimate of drug-likeness (QED) is 0.843. The summed E-state index contributed by atoms with van der Waals surface area (Å²) < 4.78 is 5.21. The van der Waals surface area contributed by atoms with Gasteiger partial charge in [0.05, 0.1) is 7.11 Å². The van der Waals surface area contributed by atoms with Crippen LogP contribution >= 0.6 is 0 Å². The van der Waals surface area contributed by atoms with Gasteiger partial charge >= 0.3 is 0 Å². The molecule has 0 aliphatic heterocycles. The van der Waals surface area contributed by atoms with Crippen LogP contribution in [0.2, 0.25) is 0 Å². The van der Waals surface area contributed by atoms with Crippen LogP contribution in [-0.4, -0.2) is 24.5 Å². The van der Waals surface area contributed by atoms with Crippen molar-refractivity contribution in [3.63, 3.8) is 0 Å². The molecule has 0 aliphatic carbocycles. The van der Waals surface area contributed by atoms with Gasteiger partial charge in [-0.15, -0.1) is 0 Å². The van der Waals surface area contributed by atoms with Crippen molar-refractivity contribution in [2.45, 2.75) is 13.3 Å². The van der Waals surface area contributed by atoms with Gasteiger partial charge < -0.3 is 15.0 Å². The van der Waals surface area contributed by atoms with Crippen LogP contribution < -0.4 is 10.1 Å². The van der Waals surface area contributed by atoms with E-state index in [1.54, 1.807) is 7.11 Å². The van der Waals surface area contributed by atoms with Crippen molar-refractivity contribution in [1.29, 1.82) is 0 Å². The first-order valence-electron chi connectivity index (χ1n) is 5.59. The van der Waals surface area contributed by atoms with Gasteiger partial charge in [-0.05, 0) is 30.2 Å². The Balaban J connectivity index is 0.00000162. The normalized spacial score (nSPS) is 9.89. The van der Waals surface area contributed by atoms with Gasteiger partial charge in [-0.1, -0.05) is 0 Å². The van der Waals surface area contributed by atoms with E-state index in [1.165, 1.54) is 12.5 Å². The van der Waals surface area contributed by atoms with E-state index >= 15 is 0 Å². The van der Waals surface area contributed by atoms with Gasteiger partial charge in [-0.25, -0.2) is 0 Å². The fourth-order valence-electron chi connectivity index (χ4n) is 1.86. The Morgan fingerprint density at radius 1 is 1.44 bits per heavy atom. The molecule has 1 heterocycles. The smallest absolute Gasteiger partial charge is 0.216 e. The molecule has 0 bridgehead atoms. The van der Waals surface area contributed by atoms with Crippen LogP contribution in [-0.2, 0) is 28.3 Å². The molecule has 0 saturated carbocycles. The minimum Gasteiger partial charge on any atom is -0.497 e. The van der Waals surface area contributed by atoms with E-state index < -0.39 is 0 Å². The molecule has 2 N–H and O–H groups in total. The second kappa shape index (κ2) is 6.47. The summed E-state index contributed by atoms with van der Waals surface area (Å²) in [6, 6.07) is 5.93. The third-order valence-corrected chi connectivity index (χ3v) is 2.74. The summed E-state index contributed by atoms with van der Waals surface area (Å²) in [5.74, 6) is 0.847. The number of hydrogen-bond acceptors (Lipinski definition) is 2. The fourth-order valence-corrected chi connectivity index (χ4v) is 1.86. The maximum absolute atomic E-state index is 10.8. The van der Waals surface area contributed by atoms with Crippen molar-refractivity contribution in [2.75, 3.05) is 13.7 Å². The van der Waals surface area contributed by atoms with Gasteiger partial charge in [0, 0.05) is 47.6 Å². The van der Waals surface area contributed by atoms with Crippen LogP contribution in [0.1, 0.15) is 12.5 Å². The molecule has 5 heteroatoms. The van der Waals surface area contributed by atoms with E-state index in [2.05, 4.69) is 10.3 Å². The van der Waals surface area contributed by atoms with Crippen molar-refractivity contribution >= 4 is 16.8 Å². The summed E-state index contributed by atoms with van der Waals surface area (Å²) in [7, 11) is 1.66. The van der Waals surface area contributed by atoms with Gasteiger partial charge in [0.15, 0.2) is 0 Å². The monoisotopic (exact) mass is 287 g/mol. The number of nitrogens with one attached hydrogen (secondary N) is 2. The molecule has 0 saturated heterocycles. The molecular formula is C13H16MnN2O2. The van der Waals surface area contributed by atoms with Crippen LogP contribution in [0, 0.1) is 0 Å². The maximum atomic E-state index is 10.8. The molecular weight excluding hydrogens is 271 g/mol. The van der Waals surface area contributed by atoms with Gasteiger partial charge in [-0.3, -0.25) is 4.79 Å². The van der Waals surface area contributed by atoms with Crippen LogP contribution in [0.5, 0.6) is 5.75 Å². The minimum absolute atomic E-state index is 0. The second-order valence-electron chi connectivity index (χ2n) is 3.96. The van der Waals surface area contributed by atoms with Crippen molar-refractivity contribution in [2.24, 2.45) is 0 Å². The molecule has 2 rings (SSSR count). The molecule has 0 fully saturated rings. The number of aromatic amines is 1. The zero-order valence-corrected chi connectivity index (χ0v) is 11.6. The Morgan fingerprint density at radius 3 is 2.89 bits per heavy atom. The molecule has 0 aliphatic rings. The number of benzene rings is 1. The Kier molecular flexibility index (Phi) is 5.25. The number of rotatable bonds is 4. The average Bonchev–Trinajstić information content (AvgIpc) is 2.71. The largest absolute Gasteiger partial charge is 0.497 e. The number of H-pyrrole nitrogens is 1. The number of methoxy groups -OCH3 is 1. The van der Waals surface area contributed by atoms with Crippen LogP contribution in [0.3, 0.4) is 0 Å². The SMILES string of the molecule is COc1ccc2[nH]cc(CCNC(C)=O)c2c1.[Mn]. The molecule has 1 aromatic heterocycles. The number of hydrogen-bond donors (Lipinski definition) is 2. The molecule has 1 aromatic carbocycles. The van der Waals surface area contributed by atoms with Gasteiger partial charge in [0.1, 0.15) is 5.75 Å². The predicted molar refractivity (Wildman–Crippen MR) is 67.2 cm³/mol. The van der Waals surface area contributed by atoms with Crippen molar-refractivity contribution in [3.8, 4) is 5.75 Å². The molecule has 0 atom stereocenters. The van der Waals surface area contributed by atoms with Crippen LogP contribution in [0.25, 0.3) is 10.9 Å². The first-order chi connectivity index (χ1) is 8.20. The first kappa shape index (κ1) is 14.6. The Bertz CT molecular complexity index is 537. The second-order valence-corrected chi connectivity index (χ2v) is 3.96. The minimum atomic E-state index is 0.